The van der Waals surface area contributed by atoms with Crippen LogP contribution in [0.3, 0.4) is 0 Å². The molecule has 0 aromatic rings. The van der Waals surface area contributed by atoms with E-state index >= 15 is 0 Å². The number of carbonyl (C=O) groups excluding carboxylic acids is 1. The molecule has 0 heterocycles. The maximum absolute atomic E-state index is 11.2. The van der Waals surface area contributed by atoms with Crippen molar-refractivity contribution in [3.05, 3.63) is 11.8 Å². The first-order chi connectivity index (χ1) is 5.34. The molecule has 1 fully saturated rings. The van der Waals surface area contributed by atoms with E-state index in [-0.39, 0.29) is 5.78 Å². The van der Waals surface area contributed by atoms with Crippen LogP contribution in [0.5, 0.6) is 0 Å². The highest BCUT2D eigenvalue weighted by molar-refractivity contribution is 5.95. The van der Waals surface area contributed by atoms with Crippen molar-refractivity contribution in [2.75, 3.05) is 6.61 Å². The Morgan fingerprint density at radius 2 is 2.18 bits per heavy atom. The molecule has 0 aromatic carbocycles. The summed E-state index contributed by atoms with van der Waals surface area (Å²) in [6, 6.07) is 0. The van der Waals surface area contributed by atoms with Crippen molar-refractivity contribution in [1.29, 1.82) is 0 Å². The maximum Gasteiger partial charge on any atom is 0.161 e. The second-order valence-electron chi connectivity index (χ2n) is 2.73. The molecule has 0 unspecified atom stereocenters. The Hall–Kier alpha value is -0.790. The van der Waals surface area contributed by atoms with Crippen molar-refractivity contribution in [1.82, 2.24) is 0 Å². The number of hydrogen-bond donors (Lipinski definition) is 0. The van der Waals surface area contributed by atoms with Crippen LogP contribution in [-0.2, 0) is 9.53 Å². The highest BCUT2D eigenvalue weighted by Crippen LogP contribution is 2.19. The fourth-order valence-corrected chi connectivity index (χ4v) is 1.21. The lowest BCUT2D eigenvalue weighted by Crippen LogP contribution is -2.08. The van der Waals surface area contributed by atoms with Gasteiger partial charge in [0.05, 0.1) is 12.9 Å². The summed E-state index contributed by atoms with van der Waals surface area (Å²) in [6.45, 7) is 2.57. The fourth-order valence-electron chi connectivity index (χ4n) is 1.21. The van der Waals surface area contributed by atoms with E-state index < -0.39 is 0 Å². The molecule has 11 heavy (non-hydrogen) atoms. The summed E-state index contributed by atoms with van der Waals surface area (Å²) in [6.07, 6.45) is 5.41. The topological polar surface area (TPSA) is 26.3 Å². The zero-order valence-electron chi connectivity index (χ0n) is 6.93. The minimum atomic E-state index is 0.268. The van der Waals surface area contributed by atoms with Crippen LogP contribution in [0.2, 0.25) is 0 Å². The summed E-state index contributed by atoms with van der Waals surface area (Å²) in [4.78, 5) is 11.2. The van der Waals surface area contributed by atoms with E-state index in [0.29, 0.717) is 13.0 Å². The first-order valence-electron chi connectivity index (χ1n) is 4.18. The number of carbonyl (C=O) groups is 1. The SMILES string of the molecule is CCOC=C1CCCCC1=O. The Labute approximate surface area is 67.2 Å². The van der Waals surface area contributed by atoms with Crippen LogP contribution in [0.25, 0.3) is 0 Å². The van der Waals surface area contributed by atoms with E-state index in [1.54, 1.807) is 6.26 Å². The van der Waals surface area contributed by atoms with Crippen molar-refractivity contribution in [2.24, 2.45) is 0 Å². The van der Waals surface area contributed by atoms with Gasteiger partial charge in [-0.25, -0.2) is 0 Å². The van der Waals surface area contributed by atoms with Crippen LogP contribution in [0.1, 0.15) is 32.6 Å². The molecular weight excluding hydrogens is 140 g/mol. The largest absolute Gasteiger partial charge is 0.501 e. The molecule has 2 heteroatoms. The molecule has 0 amide bonds. The number of rotatable bonds is 2. The molecule has 0 atom stereocenters. The van der Waals surface area contributed by atoms with Crippen LogP contribution in [-0.4, -0.2) is 12.4 Å². The van der Waals surface area contributed by atoms with Crippen LogP contribution < -0.4 is 0 Å². The monoisotopic (exact) mass is 154 g/mol. The van der Waals surface area contributed by atoms with Gasteiger partial charge >= 0.3 is 0 Å². The Morgan fingerprint density at radius 3 is 2.82 bits per heavy atom. The minimum absolute atomic E-state index is 0.268. The van der Waals surface area contributed by atoms with Crippen LogP contribution >= 0.6 is 0 Å². The van der Waals surface area contributed by atoms with E-state index in [9.17, 15) is 4.79 Å². The molecule has 62 valence electrons. The highest BCUT2D eigenvalue weighted by Gasteiger charge is 2.14. The van der Waals surface area contributed by atoms with Crippen molar-refractivity contribution in [3.63, 3.8) is 0 Å². The van der Waals surface area contributed by atoms with Gasteiger partial charge in [0.15, 0.2) is 5.78 Å². The predicted molar refractivity (Wildman–Crippen MR) is 43.2 cm³/mol. The maximum atomic E-state index is 11.2. The second-order valence-corrected chi connectivity index (χ2v) is 2.73. The molecule has 0 aliphatic heterocycles. The first kappa shape index (κ1) is 8.31. The number of hydrogen-bond acceptors (Lipinski definition) is 2. The van der Waals surface area contributed by atoms with Gasteiger partial charge < -0.3 is 4.74 Å². The second kappa shape index (κ2) is 4.16. The highest BCUT2D eigenvalue weighted by atomic mass is 16.5. The molecular formula is C9H14O2. The van der Waals surface area contributed by atoms with Crippen molar-refractivity contribution < 1.29 is 9.53 Å². The molecule has 0 radical (unpaired) electrons. The molecule has 1 aliphatic carbocycles. The Kier molecular flexibility index (Phi) is 3.14. The zero-order valence-corrected chi connectivity index (χ0v) is 6.93. The number of Topliss-reactive ketones (excluding diaryl/α,β-unsaturated/α-hetero) is 1. The van der Waals surface area contributed by atoms with Crippen molar-refractivity contribution in [2.45, 2.75) is 32.6 Å². The third-order valence-electron chi connectivity index (χ3n) is 1.85. The molecule has 0 spiro atoms. The Balaban J connectivity index is 2.47. The van der Waals surface area contributed by atoms with Gasteiger partial charge in [-0.3, -0.25) is 4.79 Å². The smallest absolute Gasteiger partial charge is 0.161 e. The summed E-state index contributed by atoms with van der Waals surface area (Å²) in [7, 11) is 0. The molecule has 0 bridgehead atoms. The molecule has 0 saturated heterocycles. The van der Waals surface area contributed by atoms with Gasteiger partial charge in [-0.05, 0) is 26.2 Å². The Bertz CT molecular complexity index is 170. The van der Waals surface area contributed by atoms with E-state index in [1.165, 1.54) is 0 Å². The molecule has 0 aromatic heterocycles. The number of ether oxygens (including phenoxy) is 1. The van der Waals surface area contributed by atoms with Crippen LogP contribution in [0, 0.1) is 0 Å². The summed E-state index contributed by atoms with van der Waals surface area (Å²) < 4.78 is 5.06. The van der Waals surface area contributed by atoms with Gasteiger partial charge in [0.2, 0.25) is 0 Å². The lowest BCUT2D eigenvalue weighted by molar-refractivity contribution is -0.116. The molecule has 1 rings (SSSR count). The molecule has 0 N–H and O–H groups in total. The predicted octanol–water partition coefficient (Wildman–Crippen LogP) is 2.05. The third-order valence-corrected chi connectivity index (χ3v) is 1.85. The van der Waals surface area contributed by atoms with Gasteiger partial charge in [-0.1, -0.05) is 0 Å². The number of ketones is 1. The average Bonchev–Trinajstić information content (AvgIpc) is 2.03. The summed E-state index contributed by atoms with van der Waals surface area (Å²) in [5, 5.41) is 0. The van der Waals surface area contributed by atoms with Gasteiger partial charge in [-0.2, -0.15) is 0 Å². The molecule has 2 nitrogen and oxygen atoms in total. The average molecular weight is 154 g/mol. The van der Waals surface area contributed by atoms with Gasteiger partial charge in [0.1, 0.15) is 0 Å². The van der Waals surface area contributed by atoms with E-state index in [1.807, 2.05) is 6.92 Å². The van der Waals surface area contributed by atoms with E-state index in [4.69, 9.17) is 4.74 Å². The van der Waals surface area contributed by atoms with Crippen LogP contribution in [0.15, 0.2) is 11.8 Å². The zero-order chi connectivity index (χ0) is 8.10. The fraction of sp³-hybridized carbons (Fsp3) is 0.667. The van der Waals surface area contributed by atoms with Gasteiger partial charge in [-0.15, -0.1) is 0 Å². The van der Waals surface area contributed by atoms with Crippen molar-refractivity contribution >= 4 is 5.78 Å². The minimum Gasteiger partial charge on any atom is -0.501 e. The van der Waals surface area contributed by atoms with Crippen LogP contribution in [0.4, 0.5) is 0 Å². The summed E-state index contributed by atoms with van der Waals surface area (Å²) >= 11 is 0. The third kappa shape index (κ3) is 2.37. The quantitative estimate of drug-likeness (QED) is 0.449. The summed E-state index contributed by atoms with van der Waals surface area (Å²) in [5.41, 5.74) is 0.873. The normalized spacial score (nSPS) is 22.3. The number of allylic oxidation sites excluding steroid dienone is 1. The van der Waals surface area contributed by atoms with E-state index in [2.05, 4.69) is 0 Å². The van der Waals surface area contributed by atoms with E-state index in [0.717, 1.165) is 24.8 Å². The van der Waals surface area contributed by atoms with Gasteiger partial charge in [0, 0.05) is 12.0 Å². The first-order valence-corrected chi connectivity index (χ1v) is 4.18. The van der Waals surface area contributed by atoms with Crippen molar-refractivity contribution in [3.8, 4) is 0 Å². The standard InChI is InChI=1S/C9H14O2/c1-2-11-7-8-5-3-4-6-9(8)10/h7H,2-6H2,1H3. The Morgan fingerprint density at radius 1 is 1.45 bits per heavy atom. The summed E-state index contributed by atoms with van der Waals surface area (Å²) in [5.74, 6) is 0.268. The molecule has 1 saturated carbocycles. The van der Waals surface area contributed by atoms with Gasteiger partial charge in [0.25, 0.3) is 0 Å². The lowest BCUT2D eigenvalue weighted by atomic mass is 9.95. The lowest BCUT2D eigenvalue weighted by Gasteiger charge is -2.11. The molecule has 1 aliphatic rings.